The summed E-state index contributed by atoms with van der Waals surface area (Å²) in [5.41, 5.74) is 7.26. The van der Waals surface area contributed by atoms with Crippen LogP contribution in [0.2, 0.25) is 0 Å². The van der Waals surface area contributed by atoms with E-state index in [0.717, 1.165) is 12.0 Å². The van der Waals surface area contributed by atoms with Crippen molar-refractivity contribution in [2.75, 3.05) is 19.8 Å². The van der Waals surface area contributed by atoms with E-state index in [2.05, 4.69) is 11.4 Å². The lowest BCUT2D eigenvalue weighted by molar-refractivity contribution is -0.143. The molecule has 0 aliphatic heterocycles. The predicted molar refractivity (Wildman–Crippen MR) is 124 cm³/mol. The minimum absolute atomic E-state index is 0.0185. The molecule has 2 aromatic rings. The first-order valence-corrected chi connectivity index (χ1v) is 12.3. The summed E-state index contributed by atoms with van der Waals surface area (Å²) in [5, 5.41) is 8.62. The number of ether oxygens (including phenoxy) is 2. The molecule has 0 fully saturated rings. The van der Waals surface area contributed by atoms with Crippen LogP contribution >= 0.6 is 7.82 Å². The zero-order valence-corrected chi connectivity index (χ0v) is 19.8. The van der Waals surface area contributed by atoms with Gasteiger partial charge in [0.25, 0.3) is 0 Å². The van der Waals surface area contributed by atoms with Gasteiger partial charge in [-0.1, -0.05) is 37.3 Å². The van der Waals surface area contributed by atoms with Crippen molar-refractivity contribution in [3.8, 4) is 11.5 Å². The predicted octanol–water partition coefficient (Wildman–Crippen LogP) is 3.45. The summed E-state index contributed by atoms with van der Waals surface area (Å²) >= 11 is 0. The van der Waals surface area contributed by atoms with Crippen LogP contribution in [0.1, 0.15) is 30.9 Å². The Hall–Kier alpha value is -2.75. The van der Waals surface area contributed by atoms with E-state index in [-0.39, 0.29) is 26.1 Å². The quantitative estimate of drug-likeness (QED) is 0.190. The van der Waals surface area contributed by atoms with E-state index in [1.165, 1.54) is 5.56 Å². The van der Waals surface area contributed by atoms with Crippen molar-refractivity contribution in [2.24, 2.45) is 5.73 Å². The van der Waals surface area contributed by atoms with E-state index in [1.807, 2.05) is 48.5 Å². The standard InChI is InChI=1S/C23H30NO9P/c1-2-17-8-11-19(12-9-17)33-21-7-4-3-6-18(21)10-13-22(25)30-14-5-15-31-34(28,29)32-16-20(24)23(26)27/h3-4,6-9,11-12,20H,2,5,10,13-16,24H2,1H3,(H,26,27)(H,28,29)/t20-/m0/s1. The number of benzene rings is 2. The van der Waals surface area contributed by atoms with Gasteiger partial charge < -0.3 is 25.2 Å². The summed E-state index contributed by atoms with van der Waals surface area (Å²) in [7, 11) is -4.44. The summed E-state index contributed by atoms with van der Waals surface area (Å²) in [6, 6.07) is 13.8. The Morgan fingerprint density at radius 3 is 2.44 bits per heavy atom. The van der Waals surface area contributed by atoms with Gasteiger partial charge in [0.05, 0.1) is 19.8 Å². The Kier molecular flexibility index (Phi) is 11.2. The Morgan fingerprint density at radius 2 is 1.76 bits per heavy atom. The van der Waals surface area contributed by atoms with E-state index in [0.29, 0.717) is 17.9 Å². The molecule has 186 valence electrons. The van der Waals surface area contributed by atoms with E-state index in [4.69, 9.17) is 24.8 Å². The van der Waals surface area contributed by atoms with E-state index < -0.39 is 32.4 Å². The molecule has 4 N–H and O–H groups in total. The van der Waals surface area contributed by atoms with Gasteiger partial charge >= 0.3 is 19.8 Å². The van der Waals surface area contributed by atoms with Crippen LogP contribution in [0.25, 0.3) is 0 Å². The maximum Gasteiger partial charge on any atom is 0.472 e. The average molecular weight is 495 g/mol. The Bertz CT molecular complexity index is 981. The van der Waals surface area contributed by atoms with Crippen molar-refractivity contribution in [3.63, 3.8) is 0 Å². The highest BCUT2D eigenvalue weighted by Gasteiger charge is 2.24. The van der Waals surface area contributed by atoms with Crippen LogP contribution < -0.4 is 10.5 Å². The molecule has 2 aromatic carbocycles. The molecule has 0 amide bonds. The van der Waals surface area contributed by atoms with Crippen LogP contribution in [-0.4, -0.2) is 47.8 Å². The molecule has 0 bridgehead atoms. The van der Waals surface area contributed by atoms with E-state index in [1.54, 1.807) is 0 Å². The molecule has 0 aliphatic carbocycles. The third-order valence-electron chi connectivity index (χ3n) is 4.67. The van der Waals surface area contributed by atoms with Gasteiger partial charge in [-0.15, -0.1) is 0 Å². The zero-order valence-electron chi connectivity index (χ0n) is 18.9. The minimum atomic E-state index is -4.44. The second-order valence-electron chi connectivity index (χ2n) is 7.32. The van der Waals surface area contributed by atoms with Gasteiger partial charge in [0.15, 0.2) is 0 Å². The zero-order chi connectivity index (χ0) is 25.0. The molecule has 0 heterocycles. The third kappa shape index (κ3) is 10.0. The lowest BCUT2D eigenvalue weighted by Gasteiger charge is -2.14. The molecule has 0 radical (unpaired) electrons. The molecule has 0 aromatic heterocycles. The van der Waals surface area contributed by atoms with Crippen LogP contribution in [0.15, 0.2) is 48.5 Å². The molecule has 10 nitrogen and oxygen atoms in total. The van der Waals surface area contributed by atoms with Crippen molar-refractivity contribution in [1.29, 1.82) is 0 Å². The second kappa shape index (κ2) is 13.8. The molecule has 34 heavy (non-hydrogen) atoms. The number of aliphatic carboxylic acids is 1. The number of nitrogens with two attached hydrogens (primary N) is 1. The molecule has 1 unspecified atom stereocenters. The number of esters is 1. The maximum atomic E-state index is 12.1. The first-order valence-electron chi connectivity index (χ1n) is 10.8. The molecule has 2 atom stereocenters. The summed E-state index contributed by atoms with van der Waals surface area (Å²) in [5.74, 6) is -0.429. The fourth-order valence-corrected chi connectivity index (χ4v) is 3.53. The second-order valence-corrected chi connectivity index (χ2v) is 8.78. The topological polar surface area (TPSA) is 155 Å². The average Bonchev–Trinajstić information content (AvgIpc) is 2.82. The van der Waals surface area contributed by atoms with Gasteiger partial charge in [-0.05, 0) is 42.2 Å². The smallest absolute Gasteiger partial charge is 0.472 e. The number of carbonyl (C=O) groups excluding carboxylic acids is 1. The number of carboxylic acid groups (broad SMARTS) is 1. The SMILES string of the molecule is CCc1ccc(Oc2ccccc2CCC(=O)OCCCOP(=O)(O)OC[C@H](N)C(=O)O)cc1. The van der Waals surface area contributed by atoms with Gasteiger partial charge in [-0.25, -0.2) is 4.57 Å². The highest BCUT2D eigenvalue weighted by molar-refractivity contribution is 7.47. The monoisotopic (exact) mass is 495 g/mol. The molecule has 11 heteroatoms. The number of phosphoric ester groups is 1. The van der Waals surface area contributed by atoms with Crippen LogP contribution in [0.3, 0.4) is 0 Å². The van der Waals surface area contributed by atoms with Gasteiger partial charge in [0, 0.05) is 12.8 Å². The Labute approximate surface area is 198 Å². The lowest BCUT2D eigenvalue weighted by atomic mass is 10.1. The van der Waals surface area contributed by atoms with Crippen LogP contribution in [0, 0.1) is 0 Å². The number of rotatable bonds is 15. The molecule has 0 saturated carbocycles. The van der Waals surface area contributed by atoms with Crippen molar-refractivity contribution in [2.45, 2.75) is 38.6 Å². The Morgan fingerprint density at radius 1 is 1.06 bits per heavy atom. The molecule has 2 rings (SSSR count). The summed E-state index contributed by atoms with van der Waals surface area (Å²) < 4.78 is 31.9. The van der Waals surface area contributed by atoms with Crippen LogP contribution in [0.4, 0.5) is 0 Å². The fraction of sp³-hybridized carbons (Fsp3) is 0.391. The third-order valence-corrected chi connectivity index (χ3v) is 5.66. The first-order chi connectivity index (χ1) is 16.2. The van der Waals surface area contributed by atoms with Crippen molar-refractivity contribution in [3.05, 3.63) is 59.7 Å². The van der Waals surface area contributed by atoms with Gasteiger partial charge in [-0.3, -0.25) is 18.6 Å². The largest absolute Gasteiger partial charge is 0.480 e. The number of aryl methyl sites for hydroxylation is 2. The molecule has 0 aliphatic rings. The van der Waals surface area contributed by atoms with Crippen molar-refractivity contribution in [1.82, 2.24) is 0 Å². The number of phosphoric acid groups is 1. The summed E-state index contributed by atoms with van der Waals surface area (Å²) in [6.07, 6.45) is 1.64. The molecule has 0 saturated heterocycles. The summed E-state index contributed by atoms with van der Waals surface area (Å²) in [4.78, 5) is 32.1. The fourth-order valence-electron chi connectivity index (χ4n) is 2.75. The first kappa shape index (κ1) is 27.5. The van der Waals surface area contributed by atoms with Gasteiger partial charge in [0.2, 0.25) is 0 Å². The number of hydrogen-bond donors (Lipinski definition) is 3. The number of para-hydroxylation sites is 1. The number of hydrogen-bond acceptors (Lipinski definition) is 8. The van der Waals surface area contributed by atoms with Crippen molar-refractivity contribution < 1.29 is 42.7 Å². The van der Waals surface area contributed by atoms with Crippen molar-refractivity contribution >= 4 is 19.8 Å². The highest BCUT2D eigenvalue weighted by Crippen LogP contribution is 2.43. The molecular formula is C23H30NO9P. The van der Waals surface area contributed by atoms with Crippen LogP contribution in [0.5, 0.6) is 11.5 Å². The normalized spacial score (nSPS) is 13.6. The number of carbonyl (C=O) groups is 2. The summed E-state index contributed by atoms with van der Waals surface area (Å²) in [6.45, 7) is 1.16. The lowest BCUT2D eigenvalue weighted by Crippen LogP contribution is -2.34. The van der Waals surface area contributed by atoms with Gasteiger partial charge in [-0.2, -0.15) is 0 Å². The molecule has 0 spiro atoms. The Balaban J connectivity index is 1.70. The number of carboxylic acids is 1. The van der Waals surface area contributed by atoms with E-state index >= 15 is 0 Å². The van der Waals surface area contributed by atoms with E-state index in [9.17, 15) is 19.0 Å². The van der Waals surface area contributed by atoms with Crippen LogP contribution in [-0.2, 0) is 40.8 Å². The highest BCUT2D eigenvalue weighted by atomic mass is 31.2. The maximum absolute atomic E-state index is 12.1. The molecular weight excluding hydrogens is 465 g/mol. The van der Waals surface area contributed by atoms with Gasteiger partial charge in [0.1, 0.15) is 17.5 Å². The minimum Gasteiger partial charge on any atom is -0.480 e.